The zero-order valence-electron chi connectivity index (χ0n) is 11.9. The summed E-state index contributed by atoms with van der Waals surface area (Å²) < 4.78 is 206. The molecule has 2 saturated heterocycles. The first kappa shape index (κ1) is 22.8. The van der Waals surface area contributed by atoms with Crippen molar-refractivity contribution in [3.8, 4) is 0 Å². The van der Waals surface area contributed by atoms with Crippen LogP contribution in [-0.2, 0) is 19.6 Å². The number of rotatable bonds is 5. The Labute approximate surface area is 143 Å². The van der Waals surface area contributed by atoms with Gasteiger partial charge in [-0.15, -0.1) is 0 Å². The molecule has 0 radical (unpaired) electrons. The predicted octanol–water partition coefficient (Wildman–Crippen LogP) is 3.54. The average molecular weight is 468 g/mol. The quantitative estimate of drug-likeness (QED) is 0.380. The third-order valence-corrected chi connectivity index (χ3v) is 4.61. The van der Waals surface area contributed by atoms with Crippen molar-refractivity contribution >= 4 is 10.1 Å². The molecular formula is C9HF13O5S. The summed E-state index contributed by atoms with van der Waals surface area (Å²) >= 11 is 0. The Kier molecular flexibility index (Phi) is 4.19. The Bertz CT molecular complexity index is 845. The third-order valence-electron chi connectivity index (χ3n) is 3.71. The van der Waals surface area contributed by atoms with Gasteiger partial charge in [0.1, 0.15) is 0 Å². The first-order chi connectivity index (χ1) is 12.0. The van der Waals surface area contributed by atoms with Gasteiger partial charge in [0.05, 0.1) is 0 Å². The van der Waals surface area contributed by atoms with E-state index in [9.17, 15) is 65.5 Å². The highest BCUT2D eigenvalue weighted by Crippen LogP contribution is 2.77. The molecule has 2 aliphatic heterocycles. The summed E-state index contributed by atoms with van der Waals surface area (Å²) in [6.07, 6.45) is -10.8. The number of hydrogen-bond donors (Lipinski definition) is 1. The van der Waals surface area contributed by atoms with Crippen LogP contribution in [0.2, 0.25) is 0 Å². The van der Waals surface area contributed by atoms with Crippen molar-refractivity contribution in [3.05, 3.63) is 11.8 Å². The molecule has 0 aromatic rings. The van der Waals surface area contributed by atoms with Gasteiger partial charge in [-0.2, -0.15) is 61.1 Å². The van der Waals surface area contributed by atoms with E-state index in [1.54, 1.807) is 0 Å². The molecule has 2 rings (SSSR count). The highest BCUT2D eigenvalue weighted by Gasteiger charge is 3.08. The number of halogens is 13. The largest absolute Gasteiger partial charge is 0.437 e. The maximum Gasteiger partial charge on any atom is 0.437 e. The molecule has 0 bridgehead atoms. The zero-order valence-corrected chi connectivity index (χ0v) is 12.7. The highest BCUT2D eigenvalue weighted by molar-refractivity contribution is 7.87. The molecule has 3 atom stereocenters. The van der Waals surface area contributed by atoms with Gasteiger partial charge in [-0.25, -0.2) is 4.39 Å². The average Bonchev–Trinajstić information content (AvgIpc) is 3.31. The molecule has 2 heterocycles. The number of alkyl halides is 11. The second-order valence-electron chi connectivity index (χ2n) is 5.30. The van der Waals surface area contributed by atoms with Crippen LogP contribution in [0, 0.1) is 0 Å². The zero-order chi connectivity index (χ0) is 22.6. The Hall–Kier alpha value is -1.50. The van der Waals surface area contributed by atoms with E-state index in [1.807, 2.05) is 0 Å². The molecule has 3 unspecified atom stereocenters. The van der Waals surface area contributed by atoms with Crippen molar-refractivity contribution in [1.29, 1.82) is 0 Å². The molecule has 0 aliphatic carbocycles. The molecule has 0 aromatic carbocycles. The Morgan fingerprint density at radius 2 is 1.36 bits per heavy atom. The molecule has 164 valence electrons. The lowest BCUT2D eigenvalue weighted by Crippen LogP contribution is -2.65. The first-order valence-corrected chi connectivity index (χ1v) is 7.43. The summed E-state index contributed by atoms with van der Waals surface area (Å²) in [6.45, 7) is 0. The molecule has 5 nitrogen and oxygen atoms in total. The summed E-state index contributed by atoms with van der Waals surface area (Å²) in [4.78, 5) is 0. The first-order valence-electron chi connectivity index (χ1n) is 5.99. The van der Waals surface area contributed by atoms with Crippen LogP contribution >= 0.6 is 0 Å². The lowest BCUT2D eigenvalue weighted by Gasteiger charge is -2.30. The van der Waals surface area contributed by atoms with Crippen molar-refractivity contribution in [2.75, 3.05) is 0 Å². The molecular weight excluding hydrogens is 467 g/mol. The third kappa shape index (κ3) is 2.20. The SMILES string of the molecule is O=S(=O)(O)C(F)(F)C(F)(F)C1(F)OC1(C(F)(F)F)C(F)(F)C1(F)OC1=C(F)F. The maximum atomic E-state index is 14.0. The van der Waals surface area contributed by atoms with Crippen LogP contribution in [0.5, 0.6) is 0 Å². The minimum Gasteiger partial charge on any atom is -0.437 e. The van der Waals surface area contributed by atoms with Crippen molar-refractivity contribution in [3.63, 3.8) is 0 Å². The van der Waals surface area contributed by atoms with Crippen molar-refractivity contribution < 1.29 is 79.5 Å². The minimum atomic E-state index is -7.46. The van der Waals surface area contributed by atoms with Gasteiger partial charge in [0, 0.05) is 0 Å². The van der Waals surface area contributed by atoms with Gasteiger partial charge in [0.15, 0.2) is 0 Å². The Morgan fingerprint density at radius 1 is 0.929 bits per heavy atom. The van der Waals surface area contributed by atoms with E-state index in [2.05, 4.69) is 9.47 Å². The van der Waals surface area contributed by atoms with Crippen LogP contribution < -0.4 is 0 Å². The fraction of sp³-hybridized carbons (Fsp3) is 0.778. The molecule has 0 spiro atoms. The molecule has 19 heteroatoms. The minimum absolute atomic E-state index is 2.43. The van der Waals surface area contributed by atoms with Gasteiger partial charge in [-0.05, 0) is 0 Å². The Morgan fingerprint density at radius 3 is 1.64 bits per heavy atom. The summed E-state index contributed by atoms with van der Waals surface area (Å²) in [6, 6.07) is 0. The summed E-state index contributed by atoms with van der Waals surface area (Å²) in [5.74, 6) is -29.6. The van der Waals surface area contributed by atoms with Crippen LogP contribution in [0.25, 0.3) is 0 Å². The van der Waals surface area contributed by atoms with E-state index >= 15 is 0 Å². The second-order valence-corrected chi connectivity index (χ2v) is 6.77. The van der Waals surface area contributed by atoms with Gasteiger partial charge in [0.25, 0.3) is 0 Å². The second kappa shape index (κ2) is 5.15. The molecule has 2 aliphatic rings. The molecule has 0 saturated carbocycles. The van der Waals surface area contributed by atoms with Crippen LogP contribution in [0.3, 0.4) is 0 Å². The summed E-state index contributed by atoms with van der Waals surface area (Å²) in [7, 11) is -7.46. The van der Waals surface area contributed by atoms with E-state index in [0.717, 1.165) is 0 Å². The van der Waals surface area contributed by atoms with E-state index in [0.29, 0.717) is 0 Å². The lowest BCUT2D eigenvalue weighted by atomic mass is 9.87. The van der Waals surface area contributed by atoms with Crippen LogP contribution in [0.4, 0.5) is 57.1 Å². The lowest BCUT2D eigenvalue weighted by molar-refractivity contribution is -0.296. The fourth-order valence-corrected chi connectivity index (χ4v) is 2.67. The standard InChI is InChI=1S/C9HF13O5S/c10-2(11)1-3(12,26-1)5(13,14)4(8(18,19)20)7(17,27-4)6(15,16)9(21,22)28(23,24)25/h(H,23,24,25). The van der Waals surface area contributed by atoms with Crippen molar-refractivity contribution in [2.24, 2.45) is 0 Å². The van der Waals surface area contributed by atoms with Crippen LogP contribution in [-0.4, -0.2) is 53.6 Å². The summed E-state index contributed by atoms with van der Waals surface area (Å²) in [5.41, 5.74) is -6.61. The van der Waals surface area contributed by atoms with Gasteiger partial charge in [-0.1, -0.05) is 0 Å². The molecule has 1 N–H and O–H groups in total. The summed E-state index contributed by atoms with van der Waals surface area (Å²) in [5, 5.41) is -7.21. The van der Waals surface area contributed by atoms with Crippen molar-refractivity contribution in [1.82, 2.24) is 0 Å². The number of ether oxygens (including phenoxy) is 2. The molecule has 0 aromatic heterocycles. The smallest absolute Gasteiger partial charge is 0.437 e. The highest BCUT2D eigenvalue weighted by atomic mass is 32.2. The van der Waals surface area contributed by atoms with Gasteiger partial charge in [-0.3, -0.25) is 4.55 Å². The number of epoxide rings is 2. The maximum absolute atomic E-state index is 14.0. The molecule has 0 amide bonds. The van der Waals surface area contributed by atoms with Gasteiger partial charge < -0.3 is 9.47 Å². The van der Waals surface area contributed by atoms with Gasteiger partial charge in [0.2, 0.25) is 5.76 Å². The normalized spacial score (nSPS) is 34.1. The molecule has 2 fully saturated rings. The van der Waals surface area contributed by atoms with E-state index in [4.69, 9.17) is 4.55 Å². The Balaban J connectivity index is 2.72. The predicted molar refractivity (Wildman–Crippen MR) is 54.3 cm³/mol. The van der Waals surface area contributed by atoms with Crippen LogP contribution in [0.1, 0.15) is 0 Å². The number of hydrogen-bond acceptors (Lipinski definition) is 4. The monoisotopic (exact) mass is 468 g/mol. The van der Waals surface area contributed by atoms with E-state index < -0.39 is 62.5 Å². The topological polar surface area (TPSA) is 79.4 Å². The molecule has 28 heavy (non-hydrogen) atoms. The van der Waals surface area contributed by atoms with Crippen molar-refractivity contribution in [2.45, 2.75) is 40.6 Å². The fourth-order valence-electron chi connectivity index (χ4n) is 2.21. The van der Waals surface area contributed by atoms with Crippen LogP contribution in [0.15, 0.2) is 11.8 Å². The van der Waals surface area contributed by atoms with E-state index in [-0.39, 0.29) is 0 Å². The van der Waals surface area contributed by atoms with Gasteiger partial charge >= 0.3 is 56.8 Å². The van der Waals surface area contributed by atoms with E-state index in [1.165, 1.54) is 0 Å².